The van der Waals surface area contributed by atoms with Gasteiger partial charge >= 0.3 is 0 Å². The van der Waals surface area contributed by atoms with E-state index < -0.39 is 0 Å². The zero-order chi connectivity index (χ0) is 9.90. The van der Waals surface area contributed by atoms with Crippen molar-refractivity contribution in [3.63, 3.8) is 0 Å². The molecule has 0 aromatic rings. The fourth-order valence-electron chi connectivity index (χ4n) is 1.86. The molecule has 1 heterocycles. The van der Waals surface area contributed by atoms with Crippen molar-refractivity contribution in [1.29, 1.82) is 0 Å². The van der Waals surface area contributed by atoms with Gasteiger partial charge in [0.05, 0.1) is 0 Å². The van der Waals surface area contributed by atoms with E-state index in [0.29, 0.717) is 5.41 Å². The summed E-state index contributed by atoms with van der Waals surface area (Å²) in [6.45, 7) is 8.15. The average molecular weight is 181 g/mol. The molecular weight excluding hydrogens is 162 g/mol. The molecule has 2 heteroatoms. The predicted octanol–water partition coefficient (Wildman–Crippen LogP) is 2.21. The summed E-state index contributed by atoms with van der Waals surface area (Å²) in [7, 11) is 0. The molecule has 0 radical (unpaired) electrons. The Morgan fingerprint density at radius 2 is 2.15 bits per heavy atom. The van der Waals surface area contributed by atoms with E-state index in [0.717, 1.165) is 19.5 Å². The monoisotopic (exact) mass is 181 g/mol. The zero-order valence-corrected chi connectivity index (χ0v) is 8.84. The predicted molar refractivity (Wildman–Crippen MR) is 54.4 cm³/mol. The standard InChI is InChI=1S/C11H19NO/c1-4-6-10(13)12-8-5-7-11(2,3)9-12/h4,6H,5,7-9H2,1-3H3/b6-4+. The van der Waals surface area contributed by atoms with Crippen molar-refractivity contribution in [2.45, 2.75) is 33.6 Å². The number of nitrogens with zero attached hydrogens (tertiary/aromatic N) is 1. The van der Waals surface area contributed by atoms with E-state index in [1.54, 1.807) is 6.08 Å². The molecule has 0 aliphatic carbocycles. The van der Waals surface area contributed by atoms with Gasteiger partial charge in [-0.3, -0.25) is 4.79 Å². The van der Waals surface area contributed by atoms with E-state index in [4.69, 9.17) is 0 Å². The van der Waals surface area contributed by atoms with Crippen LogP contribution in [0.5, 0.6) is 0 Å². The van der Waals surface area contributed by atoms with Crippen LogP contribution in [0.25, 0.3) is 0 Å². The lowest BCUT2D eigenvalue weighted by atomic mass is 9.84. The van der Waals surface area contributed by atoms with Crippen molar-refractivity contribution in [1.82, 2.24) is 4.90 Å². The van der Waals surface area contributed by atoms with Gasteiger partial charge in [0.2, 0.25) is 5.91 Å². The number of allylic oxidation sites excluding steroid dienone is 1. The first-order valence-corrected chi connectivity index (χ1v) is 4.97. The molecule has 1 amide bonds. The van der Waals surface area contributed by atoms with Crippen molar-refractivity contribution >= 4 is 5.91 Å². The van der Waals surface area contributed by atoms with Gasteiger partial charge in [0.1, 0.15) is 0 Å². The third-order valence-electron chi connectivity index (χ3n) is 2.52. The normalized spacial score (nSPS) is 22.2. The van der Waals surface area contributed by atoms with Gasteiger partial charge in [0.15, 0.2) is 0 Å². The SMILES string of the molecule is C/C=C/C(=O)N1CCCC(C)(C)C1. The van der Waals surface area contributed by atoms with Crippen LogP contribution in [0.2, 0.25) is 0 Å². The number of carbonyl (C=O) groups is 1. The van der Waals surface area contributed by atoms with E-state index in [1.165, 1.54) is 6.42 Å². The number of hydrogen-bond donors (Lipinski definition) is 0. The Balaban J connectivity index is 2.56. The summed E-state index contributed by atoms with van der Waals surface area (Å²) in [6, 6.07) is 0. The average Bonchev–Trinajstić information content (AvgIpc) is 2.03. The van der Waals surface area contributed by atoms with Crippen LogP contribution in [-0.4, -0.2) is 23.9 Å². The molecule has 2 nitrogen and oxygen atoms in total. The molecule has 0 spiro atoms. The second kappa shape index (κ2) is 3.95. The summed E-state index contributed by atoms with van der Waals surface area (Å²) < 4.78 is 0. The Morgan fingerprint density at radius 3 is 2.69 bits per heavy atom. The summed E-state index contributed by atoms with van der Waals surface area (Å²) in [5.41, 5.74) is 0.301. The quantitative estimate of drug-likeness (QED) is 0.568. The lowest BCUT2D eigenvalue weighted by molar-refractivity contribution is -0.128. The Kier molecular flexibility index (Phi) is 3.12. The van der Waals surface area contributed by atoms with Gasteiger partial charge < -0.3 is 4.90 Å². The number of amides is 1. The highest BCUT2D eigenvalue weighted by Crippen LogP contribution is 2.28. The van der Waals surface area contributed by atoms with Gasteiger partial charge in [-0.1, -0.05) is 19.9 Å². The largest absolute Gasteiger partial charge is 0.339 e. The molecule has 0 aromatic heterocycles. The molecule has 74 valence electrons. The highest BCUT2D eigenvalue weighted by molar-refractivity contribution is 5.87. The van der Waals surface area contributed by atoms with Crippen LogP contribution in [-0.2, 0) is 4.79 Å². The Labute approximate surface area is 80.6 Å². The van der Waals surface area contributed by atoms with E-state index in [2.05, 4.69) is 13.8 Å². The number of rotatable bonds is 1. The summed E-state index contributed by atoms with van der Waals surface area (Å²) >= 11 is 0. The highest BCUT2D eigenvalue weighted by Gasteiger charge is 2.27. The summed E-state index contributed by atoms with van der Waals surface area (Å²) in [4.78, 5) is 13.5. The third kappa shape index (κ3) is 2.87. The molecule has 0 aromatic carbocycles. The molecular formula is C11H19NO. The molecule has 0 N–H and O–H groups in total. The molecule has 1 fully saturated rings. The van der Waals surface area contributed by atoms with Crippen LogP contribution in [0.4, 0.5) is 0 Å². The molecule has 1 aliphatic heterocycles. The topological polar surface area (TPSA) is 20.3 Å². The number of likely N-dealkylation sites (tertiary alicyclic amines) is 1. The first-order valence-electron chi connectivity index (χ1n) is 4.97. The fourth-order valence-corrected chi connectivity index (χ4v) is 1.86. The molecule has 1 saturated heterocycles. The zero-order valence-electron chi connectivity index (χ0n) is 8.84. The minimum absolute atomic E-state index is 0.162. The van der Waals surface area contributed by atoms with Gasteiger partial charge in [-0.25, -0.2) is 0 Å². The summed E-state index contributed by atoms with van der Waals surface area (Å²) in [5.74, 6) is 0.162. The maximum atomic E-state index is 11.5. The molecule has 1 rings (SSSR count). The molecule has 0 atom stereocenters. The molecule has 0 saturated carbocycles. The van der Waals surface area contributed by atoms with Gasteiger partial charge in [0.25, 0.3) is 0 Å². The van der Waals surface area contributed by atoms with Gasteiger partial charge in [-0.05, 0) is 31.3 Å². The molecule has 0 unspecified atom stereocenters. The lowest BCUT2D eigenvalue weighted by Crippen LogP contribution is -2.42. The lowest BCUT2D eigenvalue weighted by Gasteiger charge is -2.37. The Bertz CT molecular complexity index is 218. The third-order valence-corrected chi connectivity index (χ3v) is 2.52. The van der Waals surface area contributed by atoms with E-state index in [9.17, 15) is 4.79 Å². The number of carbonyl (C=O) groups excluding carboxylic acids is 1. The Hall–Kier alpha value is -0.790. The smallest absolute Gasteiger partial charge is 0.246 e. The van der Waals surface area contributed by atoms with E-state index >= 15 is 0 Å². The molecule has 1 aliphatic rings. The minimum Gasteiger partial charge on any atom is -0.339 e. The van der Waals surface area contributed by atoms with Crippen LogP contribution in [0.3, 0.4) is 0 Å². The maximum Gasteiger partial charge on any atom is 0.246 e. The summed E-state index contributed by atoms with van der Waals surface area (Å²) in [6.07, 6.45) is 5.83. The Morgan fingerprint density at radius 1 is 1.46 bits per heavy atom. The van der Waals surface area contributed by atoms with Crippen molar-refractivity contribution < 1.29 is 4.79 Å². The molecule has 0 bridgehead atoms. The van der Waals surface area contributed by atoms with E-state index in [1.807, 2.05) is 17.9 Å². The second-order valence-corrected chi connectivity index (χ2v) is 4.53. The van der Waals surface area contributed by atoms with Crippen molar-refractivity contribution in [3.8, 4) is 0 Å². The number of hydrogen-bond acceptors (Lipinski definition) is 1. The molecule has 13 heavy (non-hydrogen) atoms. The van der Waals surface area contributed by atoms with Gasteiger partial charge in [0, 0.05) is 13.1 Å². The first-order chi connectivity index (χ1) is 6.05. The van der Waals surface area contributed by atoms with Crippen LogP contribution in [0, 0.1) is 5.41 Å². The van der Waals surface area contributed by atoms with Gasteiger partial charge in [-0.2, -0.15) is 0 Å². The van der Waals surface area contributed by atoms with Crippen molar-refractivity contribution in [2.75, 3.05) is 13.1 Å². The maximum absolute atomic E-state index is 11.5. The first kappa shape index (κ1) is 10.3. The number of piperidine rings is 1. The van der Waals surface area contributed by atoms with Crippen molar-refractivity contribution in [2.24, 2.45) is 5.41 Å². The van der Waals surface area contributed by atoms with Crippen LogP contribution in [0.15, 0.2) is 12.2 Å². The van der Waals surface area contributed by atoms with E-state index in [-0.39, 0.29) is 5.91 Å². The van der Waals surface area contributed by atoms with Crippen LogP contribution in [0.1, 0.15) is 33.6 Å². The summed E-state index contributed by atoms with van der Waals surface area (Å²) in [5, 5.41) is 0. The second-order valence-electron chi connectivity index (χ2n) is 4.53. The fraction of sp³-hybridized carbons (Fsp3) is 0.727. The highest BCUT2D eigenvalue weighted by atomic mass is 16.2. The van der Waals surface area contributed by atoms with Gasteiger partial charge in [-0.15, -0.1) is 0 Å². The van der Waals surface area contributed by atoms with Crippen LogP contribution >= 0.6 is 0 Å². The van der Waals surface area contributed by atoms with Crippen LogP contribution < -0.4 is 0 Å². The minimum atomic E-state index is 0.162. The van der Waals surface area contributed by atoms with Crippen molar-refractivity contribution in [3.05, 3.63) is 12.2 Å².